The van der Waals surface area contributed by atoms with Crippen LogP contribution in [0.3, 0.4) is 0 Å². The van der Waals surface area contributed by atoms with Gasteiger partial charge in [-0.05, 0) is 38.9 Å². The molecule has 126 valence electrons. The molecule has 1 aliphatic carbocycles. The van der Waals surface area contributed by atoms with Gasteiger partial charge >= 0.3 is 0 Å². The van der Waals surface area contributed by atoms with Crippen molar-refractivity contribution in [2.24, 2.45) is 4.99 Å². The lowest BCUT2D eigenvalue weighted by atomic mass is 10.2. The van der Waals surface area contributed by atoms with Crippen molar-refractivity contribution in [3.05, 3.63) is 17.5 Å². The Labute approximate surface area is 154 Å². The van der Waals surface area contributed by atoms with E-state index in [1.165, 1.54) is 19.3 Å². The fourth-order valence-electron chi connectivity index (χ4n) is 2.55. The van der Waals surface area contributed by atoms with Crippen LogP contribution >= 0.6 is 35.7 Å². The van der Waals surface area contributed by atoms with Gasteiger partial charge in [0.05, 0.1) is 5.69 Å². The number of thioether (sulfide) groups is 1. The van der Waals surface area contributed by atoms with Crippen molar-refractivity contribution in [2.75, 3.05) is 12.8 Å². The van der Waals surface area contributed by atoms with E-state index in [2.05, 4.69) is 40.9 Å². The minimum atomic E-state index is 0. The van der Waals surface area contributed by atoms with Gasteiger partial charge in [0.2, 0.25) is 0 Å². The number of aromatic nitrogens is 1. The number of aliphatic imine (C=N–C) groups is 1. The Kier molecular flexibility index (Phi) is 9.23. The first-order valence-corrected chi connectivity index (χ1v) is 9.06. The molecular formula is C15H27IN4OS. The smallest absolute Gasteiger partial charge is 0.191 e. The molecule has 1 aliphatic rings. The zero-order valence-corrected chi connectivity index (χ0v) is 16.7. The van der Waals surface area contributed by atoms with Crippen molar-refractivity contribution >= 4 is 41.7 Å². The first kappa shape index (κ1) is 19.6. The van der Waals surface area contributed by atoms with Gasteiger partial charge in [0.15, 0.2) is 11.7 Å². The van der Waals surface area contributed by atoms with Gasteiger partial charge in [0.1, 0.15) is 6.54 Å². The average molecular weight is 438 g/mol. The molecule has 0 saturated heterocycles. The maximum absolute atomic E-state index is 5.27. The summed E-state index contributed by atoms with van der Waals surface area (Å²) < 4.78 is 5.27. The van der Waals surface area contributed by atoms with Crippen LogP contribution in [0.1, 0.15) is 44.6 Å². The van der Waals surface area contributed by atoms with E-state index < -0.39 is 0 Å². The van der Waals surface area contributed by atoms with Gasteiger partial charge in [-0.1, -0.05) is 12.1 Å². The van der Waals surface area contributed by atoms with Gasteiger partial charge < -0.3 is 15.2 Å². The van der Waals surface area contributed by atoms with Crippen LogP contribution in [0.25, 0.3) is 0 Å². The lowest BCUT2D eigenvalue weighted by Crippen LogP contribution is -2.42. The highest BCUT2D eigenvalue weighted by Crippen LogP contribution is 2.28. The third kappa shape index (κ3) is 5.98. The van der Waals surface area contributed by atoms with E-state index in [4.69, 9.17) is 4.52 Å². The predicted octanol–water partition coefficient (Wildman–Crippen LogP) is 3.19. The summed E-state index contributed by atoms with van der Waals surface area (Å²) in [5.41, 5.74) is 0.983. The molecule has 1 aromatic rings. The number of nitrogens with one attached hydrogen (secondary N) is 2. The van der Waals surface area contributed by atoms with Crippen molar-refractivity contribution in [1.29, 1.82) is 0 Å². The van der Waals surface area contributed by atoms with Crippen molar-refractivity contribution in [3.8, 4) is 0 Å². The molecule has 0 aliphatic heterocycles. The summed E-state index contributed by atoms with van der Waals surface area (Å²) in [6.45, 7) is 5.54. The molecule has 0 amide bonds. The number of hydrogen-bond donors (Lipinski definition) is 2. The maximum atomic E-state index is 5.27. The van der Waals surface area contributed by atoms with Crippen molar-refractivity contribution in [2.45, 2.75) is 57.4 Å². The Morgan fingerprint density at radius 3 is 2.86 bits per heavy atom. The number of nitrogens with zero attached hydrogens (tertiary/aromatic N) is 2. The summed E-state index contributed by atoms with van der Waals surface area (Å²) in [6.07, 6.45) is 6.82. The summed E-state index contributed by atoms with van der Waals surface area (Å²) in [5.74, 6) is 1.69. The number of aryl methyl sites for hydroxylation is 1. The second kappa shape index (κ2) is 10.4. The Morgan fingerprint density at radius 2 is 2.27 bits per heavy atom. The molecule has 22 heavy (non-hydrogen) atoms. The van der Waals surface area contributed by atoms with Crippen molar-refractivity contribution in [1.82, 2.24) is 15.8 Å². The zero-order chi connectivity index (χ0) is 15.1. The molecule has 1 aromatic heterocycles. The third-order valence-electron chi connectivity index (χ3n) is 3.77. The van der Waals surface area contributed by atoms with E-state index in [0.717, 1.165) is 35.6 Å². The highest BCUT2D eigenvalue weighted by Gasteiger charge is 2.24. The molecule has 2 unspecified atom stereocenters. The van der Waals surface area contributed by atoms with Crippen LogP contribution in [0.5, 0.6) is 0 Å². The molecule has 0 aromatic carbocycles. The molecule has 7 heteroatoms. The van der Waals surface area contributed by atoms with Gasteiger partial charge in [0.25, 0.3) is 0 Å². The number of halogens is 1. The van der Waals surface area contributed by atoms with Crippen LogP contribution < -0.4 is 10.6 Å². The van der Waals surface area contributed by atoms with E-state index >= 15 is 0 Å². The van der Waals surface area contributed by atoms with Gasteiger partial charge in [-0.3, -0.25) is 0 Å². The minimum absolute atomic E-state index is 0. The van der Waals surface area contributed by atoms with Crippen LogP contribution in [-0.2, 0) is 13.0 Å². The first-order valence-electron chi connectivity index (χ1n) is 7.77. The first-order chi connectivity index (χ1) is 10.2. The molecule has 1 saturated carbocycles. The molecule has 1 heterocycles. The third-order valence-corrected chi connectivity index (χ3v) is 4.86. The normalized spacial score (nSPS) is 21.5. The summed E-state index contributed by atoms with van der Waals surface area (Å²) in [5, 5.41) is 11.6. The summed E-state index contributed by atoms with van der Waals surface area (Å²) in [6, 6.07) is 2.51. The largest absolute Gasteiger partial charge is 0.359 e. The number of rotatable bonds is 6. The second-order valence-electron chi connectivity index (χ2n) is 5.35. The molecule has 5 nitrogen and oxygen atoms in total. The summed E-state index contributed by atoms with van der Waals surface area (Å²) in [7, 11) is 0. The number of hydrogen-bond acceptors (Lipinski definition) is 4. The highest BCUT2D eigenvalue weighted by atomic mass is 127. The van der Waals surface area contributed by atoms with Crippen LogP contribution in [0.15, 0.2) is 15.6 Å². The fourth-order valence-corrected chi connectivity index (χ4v) is 3.35. The monoisotopic (exact) mass is 438 g/mol. The fraction of sp³-hybridized carbons (Fsp3) is 0.733. The van der Waals surface area contributed by atoms with Crippen LogP contribution in [0.2, 0.25) is 0 Å². The van der Waals surface area contributed by atoms with Gasteiger partial charge in [0, 0.05) is 23.9 Å². The van der Waals surface area contributed by atoms with Crippen LogP contribution in [0, 0.1) is 0 Å². The molecule has 2 N–H and O–H groups in total. The second-order valence-corrected chi connectivity index (χ2v) is 6.48. The average Bonchev–Trinajstić information content (AvgIpc) is 3.13. The van der Waals surface area contributed by atoms with Gasteiger partial charge in [-0.25, -0.2) is 4.99 Å². The molecule has 0 radical (unpaired) electrons. The van der Waals surface area contributed by atoms with Crippen molar-refractivity contribution < 1.29 is 4.52 Å². The molecule has 0 bridgehead atoms. The molecule has 2 rings (SSSR count). The Bertz CT molecular complexity index is 466. The van der Waals surface area contributed by atoms with E-state index in [0.29, 0.717) is 12.6 Å². The summed E-state index contributed by atoms with van der Waals surface area (Å²) >= 11 is 1.97. The maximum Gasteiger partial charge on any atom is 0.191 e. The van der Waals surface area contributed by atoms with Gasteiger partial charge in [-0.15, -0.1) is 24.0 Å². The lowest BCUT2D eigenvalue weighted by Gasteiger charge is -2.16. The topological polar surface area (TPSA) is 62.5 Å². The SMILES string of the molecule is CCNC(=NCc1cc(CC)no1)NC1CCC(SC)C1.I. The van der Waals surface area contributed by atoms with Crippen LogP contribution in [-0.4, -0.2) is 35.2 Å². The van der Waals surface area contributed by atoms with E-state index in [1.54, 1.807) is 0 Å². The Morgan fingerprint density at radius 1 is 1.45 bits per heavy atom. The van der Waals surface area contributed by atoms with Crippen LogP contribution in [0.4, 0.5) is 0 Å². The van der Waals surface area contributed by atoms with Crippen molar-refractivity contribution in [3.63, 3.8) is 0 Å². The van der Waals surface area contributed by atoms with E-state index in [1.807, 2.05) is 17.8 Å². The predicted molar refractivity (Wildman–Crippen MR) is 104 cm³/mol. The minimum Gasteiger partial charge on any atom is -0.359 e. The summed E-state index contributed by atoms with van der Waals surface area (Å²) in [4.78, 5) is 4.60. The molecule has 0 spiro atoms. The van der Waals surface area contributed by atoms with E-state index in [9.17, 15) is 0 Å². The lowest BCUT2D eigenvalue weighted by molar-refractivity contribution is 0.379. The quantitative estimate of drug-likeness (QED) is 0.406. The van der Waals surface area contributed by atoms with Gasteiger partial charge in [-0.2, -0.15) is 11.8 Å². The molecular weight excluding hydrogens is 411 g/mol. The molecule has 2 atom stereocenters. The molecule has 1 fully saturated rings. The number of guanidine groups is 1. The standard InChI is InChI=1S/C15H26N4OS.HI/c1-4-11-8-13(20-19-11)10-17-15(16-5-2)18-12-6-7-14(9-12)21-3;/h8,12,14H,4-7,9-10H2,1-3H3,(H2,16,17,18);1H. The highest BCUT2D eigenvalue weighted by molar-refractivity contribution is 14.0. The zero-order valence-electron chi connectivity index (χ0n) is 13.6. The Balaban J connectivity index is 0.00000242. The Hall–Kier alpha value is -0.440. The van der Waals surface area contributed by atoms with E-state index in [-0.39, 0.29) is 24.0 Å².